The largest absolute Gasteiger partial charge is 0.456 e. The second-order valence-electron chi connectivity index (χ2n) is 34.4. The molecule has 28 atom stereocenters. The molecule has 632 valence electrons. The minimum atomic E-state index is -2.63. The van der Waals surface area contributed by atoms with Gasteiger partial charge in [0.25, 0.3) is 23.4 Å². The molecular formula is C86H134N2O24. The molecule has 112 heavy (non-hydrogen) atoms. The van der Waals surface area contributed by atoms with Crippen molar-refractivity contribution in [2.75, 3.05) is 55.7 Å². The summed E-state index contributed by atoms with van der Waals surface area (Å²) in [6.07, 6.45) is 5.17. The van der Waals surface area contributed by atoms with Crippen LogP contribution in [-0.2, 0) is 85.7 Å². The molecule has 8 rings (SSSR count). The molecule has 1 unspecified atom stereocenters. The Morgan fingerprint density at radius 2 is 0.795 bits per heavy atom. The van der Waals surface area contributed by atoms with Gasteiger partial charge in [0.05, 0.1) is 61.0 Å². The first-order valence-electron chi connectivity index (χ1n) is 41.3. The van der Waals surface area contributed by atoms with Crippen LogP contribution in [0.4, 0.5) is 0 Å². The molecule has 2 aliphatic carbocycles. The van der Waals surface area contributed by atoms with Crippen molar-refractivity contribution >= 4 is 46.9 Å². The maximum Gasteiger partial charge on any atom is 0.329 e. The molecule has 2 amide bonds. The molecule has 26 nitrogen and oxygen atoms in total. The van der Waals surface area contributed by atoms with E-state index < -0.39 is 180 Å². The number of rotatable bonds is 14. The van der Waals surface area contributed by atoms with Crippen molar-refractivity contribution < 1.29 is 116 Å². The van der Waals surface area contributed by atoms with Crippen LogP contribution in [0.2, 0.25) is 0 Å². The van der Waals surface area contributed by atoms with Gasteiger partial charge in [0.2, 0.25) is 11.6 Å². The molecule has 2 saturated carbocycles. The number of esters is 2. The Morgan fingerprint density at radius 1 is 0.455 bits per heavy atom. The molecule has 8 aliphatic rings. The van der Waals surface area contributed by atoms with Gasteiger partial charge in [-0.05, 0) is 191 Å². The summed E-state index contributed by atoms with van der Waals surface area (Å²) >= 11 is 0. The van der Waals surface area contributed by atoms with E-state index in [0.29, 0.717) is 101 Å². The number of Topliss-reactive ketones (excluding diaryl/α,β-unsaturated/α-hetero) is 4. The molecule has 0 aromatic carbocycles. The van der Waals surface area contributed by atoms with Crippen molar-refractivity contribution in [3.63, 3.8) is 0 Å². The molecular weight excluding hydrogens is 1440 g/mol. The van der Waals surface area contributed by atoms with Gasteiger partial charge in [-0.3, -0.25) is 28.8 Å². The number of amides is 2. The van der Waals surface area contributed by atoms with Gasteiger partial charge in [0.15, 0.2) is 0 Å². The predicted octanol–water partition coefficient (Wildman–Crippen LogP) is 8.48. The number of fused-ring (bicyclic) bond motifs is 6. The first kappa shape index (κ1) is 92.2. The molecule has 6 aliphatic heterocycles. The number of hydrogen-bond acceptors (Lipinski definition) is 24. The summed E-state index contributed by atoms with van der Waals surface area (Å²) in [5, 5.41) is 71.5. The highest BCUT2D eigenvalue weighted by Gasteiger charge is 2.59. The summed E-state index contributed by atoms with van der Waals surface area (Å²) in [6.45, 7) is 17.9. The van der Waals surface area contributed by atoms with Crippen molar-refractivity contribution in [3.05, 3.63) is 58.7 Å². The van der Waals surface area contributed by atoms with E-state index in [2.05, 4.69) is 0 Å². The lowest BCUT2D eigenvalue weighted by Crippen LogP contribution is -2.64. The smallest absolute Gasteiger partial charge is 0.329 e. The average molecular weight is 1580 g/mol. The number of hydrogen-bond donors (Lipinski definition) is 6. The molecule has 6 heterocycles. The molecule has 4 saturated heterocycles. The minimum absolute atomic E-state index is 0.000702. The maximum atomic E-state index is 15.3. The number of cyclic esters (lactones) is 2. The van der Waals surface area contributed by atoms with E-state index >= 15 is 9.59 Å². The van der Waals surface area contributed by atoms with Crippen LogP contribution in [0.25, 0.3) is 0 Å². The molecule has 0 aromatic rings. The molecule has 6 N–H and O–H groups in total. The van der Waals surface area contributed by atoms with E-state index in [9.17, 15) is 59.4 Å². The zero-order chi connectivity index (χ0) is 82.4. The number of ether oxygens (including phenoxy) is 10. The van der Waals surface area contributed by atoms with Crippen LogP contribution in [-0.4, -0.2) is 252 Å². The molecule has 26 heteroatoms. The first-order valence-corrected chi connectivity index (χ1v) is 41.3. The number of methoxy groups -OCH3 is 6. The molecule has 0 spiro atoms. The third kappa shape index (κ3) is 22.5. The monoisotopic (exact) mass is 1580 g/mol. The summed E-state index contributed by atoms with van der Waals surface area (Å²) in [7, 11) is 9.04. The van der Waals surface area contributed by atoms with E-state index in [-0.39, 0.29) is 99.7 Å². The molecule has 6 fully saturated rings. The van der Waals surface area contributed by atoms with Crippen molar-refractivity contribution in [2.45, 2.75) is 320 Å². The Hall–Kier alpha value is -5.30. The number of aliphatic hydroxyl groups excluding tert-OH is 4. The molecule has 4 bridgehead atoms. The number of carbonyl (C=O) groups is 8. The average Bonchev–Trinajstić information content (AvgIpc) is 0.788. The number of piperidine rings is 2. The summed E-state index contributed by atoms with van der Waals surface area (Å²) < 4.78 is 61.2. The fourth-order valence-electron chi connectivity index (χ4n) is 19.0. The van der Waals surface area contributed by atoms with Crippen LogP contribution in [0.5, 0.6) is 0 Å². The van der Waals surface area contributed by atoms with Gasteiger partial charge >= 0.3 is 11.9 Å². The fraction of sp³-hybridized carbons (Fsp3) is 0.791. The van der Waals surface area contributed by atoms with Crippen LogP contribution < -0.4 is 0 Å². The summed E-state index contributed by atoms with van der Waals surface area (Å²) in [5.41, 5.74) is 2.73. The number of ketones is 4. The van der Waals surface area contributed by atoms with E-state index in [1.54, 1.807) is 41.5 Å². The Bertz CT molecular complexity index is 3160. The third-order valence-electron chi connectivity index (χ3n) is 25.9. The third-order valence-corrected chi connectivity index (χ3v) is 25.9. The van der Waals surface area contributed by atoms with Gasteiger partial charge in [0.1, 0.15) is 48.1 Å². The van der Waals surface area contributed by atoms with Crippen LogP contribution in [0.1, 0.15) is 210 Å². The molecule has 0 radical (unpaired) electrons. The van der Waals surface area contributed by atoms with Gasteiger partial charge in [-0.1, -0.05) is 89.1 Å². The van der Waals surface area contributed by atoms with E-state index in [1.807, 2.05) is 64.2 Å². The Kier molecular flexibility index (Phi) is 34.3. The minimum Gasteiger partial charge on any atom is -0.456 e. The van der Waals surface area contributed by atoms with Gasteiger partial charge in [-0.25, -0.2) is 9.59 Å². The highest BCUT2D eigenvalue weighted by Crippen LogP contribution is 2.43. The van der Waals surface area contributed by atoms with Crippen LogP contribution >= 0.6 is 0 Å². The Morgan fingerprint density at radius 3 is 1.13 bits per heavy atom. The highest BCUT2D eigenvalue weighted by atomic mass is 16.7. The van der Waals surface area contributed by atoms with Gasteiger partial charge in [-0.2, -0.15) is 0 Å². The van der Waals surface area contributed by atoms with Crippen molar-refractivity contribution in [3.8, 4) is 0 Å². The van der Waals surface area contributed by atoms with Crippen LogP contribution in [0.3, 0.4) is 0 Å². The Labute approximate surface area is 663 Å². The fourth-order valence-corrected chi connectivity index (χ4v) is 19.0. The van der Waals surface area contributed by atoms with E-state index in [0.717, 1.165) is 20.9 Å². The van der Waals surface area contributed by atoms with Gasteiger partial charge in [0, 0.05) is 104 Å². The van der Waals surface area contributed by atoms with Gasteiger partial charge < -0.3 is 87.8 Å². The SMILES string of the molecule is CO[C@H]1C[C@@H](C)C/C(C)=C\[C@@H](C/C=C\C[C@@H]2/C=C(\C)C[C@H](C)C[C@H](OC)[C@H]3O[C@@](O)(C(=O)C(=O)N4CCCC[C@H]4C(=O)O[C@H](/C(C)=C/[C@@H]4CC[C@@H](O)[C@H](OC)C4)[C@H](C)[C@@H](O)CC2=O)[C@H](C)C[C@@H]3OC)C(=O)C[C@H](O)[C@@H](C)[C@@H](/C(C)=C/[C@@H]2CC[C@@H](O)[C@H](OC)C2)OC(=O)C2CCCCN2C(=O)C(=O)[C@]2(O)O[C@H]1[C@@H](OC)C[C@H]2C. The highest BCUT2D eigenvalue weighted by molar-refractivity contribution is 6.39. The van der Waals surface area contributed by atoms with Gasteiger partial charge in [-0.15, -0.1) is 0 Å². The van der Waals surface area contributed by atoms with Crippen LogP contribution in [0.15, 0.2) is 58.7 Å². The zero-order valence-corrected chi connectivity index (χ0v) is 69.4. The summed E-state index contributed by atoms with van der Waals surface area (Å²) in [5.74, 6) is -18.4. The number of nitrogens with zero attached hydrogens (tertiary/aromatic N) is 2. The normalized spacial score (nSPS) is 41.8. The quantitative estimate of drug-likeness (QED) is 0.0539. The summed E-state index contributed by atoms with van der Waals surface area (Å²) in [6, 6.07) is -2.54. The van der Waals surface area contributed by atoms with Crippen molar-refractivity contribution in [1.82, 2.24) is 9.80 Å². The van der Waals surface area contributed by atoms with Crippen molar-refractivity contribution in [1.29, 1.82) is 0 Å². The topological polar surface area (TPSA) is 357 Å². The number of carbonyl (C=O) groups excluding carboxylic acids is 8. The predicted molar refractivity (Wildman–Crippen MR) is 414 cm³/mol. The van der Waals surface area contributed by atoms with Crippen molar-refractivity contribution in [2.24, 2.45) is 59.2 Å². The van der Waals surface area contributed by atoms with E-state index in [4.69, 9.17) is 47.4 Å². The standard InChI is InChI=1S/C86H134N2O24/c1-47-33-49(3)37-71(105-13)77-73(107-15)41-53(7)85(101,111-77)79(95)81(97)87-31-21-19-25-61(87)83(99)109-75(51(5)39-57-27-29-63(89)69(43-57)103-11)55(9)65(91)45-67(93)59(35-47)23-17-18-24-60-36-48(2)34-50(4)38-72(106-14)78-74(108-16)42-54(8)86(102,112-78)80(96)82(98)88-32-22-20-26-62(88)84(100)110-76(56(10)66(92)46-68(60)94)52(6)40-58-28-30-64(90)70(44-58)104-12/h17-18,35-36,39-40,49-50,53-66,69-78,89-92,101-102H,19-34,37-38,41-46H2,1-16H3/b18-17-,47-35-,48-36+,51-39+,52-40+/t49-,50-,53+,54+,55+,56+,57-,58-,59+,60+,61?,62-,63+,64+,65-,66-,69+,70+,71-,72-,73-,74-,75+,76+,77+,78+,85+,86+/m0/s1. The Balaban J connectivity index is 1.16. The second kappa shape index (κ2) is 41.7. The maximum absolute atomic E-state index is 15.3. The lowest BCUT2D eigenvalue weighted by molar-refractivity contribution is -0.302. The second-order valence-corrected chi connectivity index (χ2v) is 34.4. The molecule has 0 aromatic heterocycles. The lowest BCUT2D eigenvalue weighted by Gasteiger charge is -2.47. The van der Waals surface area contributed by atoms with Crippen LogP contribution in [0, 0.1) is 59.2 Å². The number of allylic oxidation sites excluding steroid dienone is 8. The zero-order valence-electron chi connectivity index (χ0n) is 69.4. The number of aliphatic hydroxyl groups is 6. The summed E-state index contributed by atoms with van der Waals surface area (Å²) in [4.78, 5) is 122. The first-order chi connectivity index (χ1) is 53.1. The van der Waals surface area contributed by atoms with E-state index in [1.165, 1.54) is 42.7 Å². The lowest BCUT2D eigenvalue weighted by atomic mass is 9.81.